The summed E-state index contributed by atoms with van der Waals surface area (Å²) in [7, 11) is 0. The van der Waals surface area contributed by atoms with Gasteiger partial charge in [0.25, 0.3) is 0 Å². The van der Waals surface area contributed by atoms with Gasteiger partial charge in [0.1, 0.15) is 18.3 Å². The average molecular weight is 174 g/mol. The largest absolute Gasteiger partial charge is 0.301 e. The minimum atomic E-state index is -1.14. The predicted molar refractivity (Wildman–Crippen MR) is 48.5 cm³/mol. The number of carbonyl (C=O) groups excluding carboxylic acids is 2. The van der Waals surface area contributed by atoms with Crippen molar-refractivity contribution in [1.82, 2.24) is 5.73 Å². The molecule has 0 heterocycles. The van der Waals surface area contributed by atoms with Gasteiger partial charge in [-0.2, -0.15) is 0 Å². The number of benzene rings is 1. The molecule has 13 heavy (non-hydrogen) atoms. The average Bonchev–Trinajstić information content (AvgIpc) is 2.20. The van der Waals surface area contributed by atoms with Crippen LogP contribution in [-0.2, 0) is 9.59 Å². The molecule has 0 spiro atoms. The minimum Gasteiger partial charge on any atom is -0.301 e. The second-order valence-electron chi connectivity index (χ2n) is 2.50. The highest BCUT2D eigenvalue weighted by molar-refractivity contribution is 5.97. The Morgan fingerprint density at radius 1 is 1.38 bits per heavy atom. The van der Waals surface area contributed by atoms with Crippen LogP contribution in [0.1, 0.15) is 5.56 Å². The van der Waals surface area contributed by atoms with Gasteiger partial charge in [-0.15, -0.1) is 0 Å². The Kier molecular flexibility index (Phi) is 3.15. The second kappa shape index (κ2) is 4.36. The van der Waals surface area contributed by atoms with E-state index in [-0.39, 0.29) is 5.57 Å². The molecule has 0 aliphatic carbocycles. The Hall–Kier alpha value is -1.70. The maximum absolute atomic E-state index is 10.5. The van der Waals surface area contributed by atoms with Crippen molar-refractivity contribution in [2.24, 2.45) is 0 Å². The molecule has 1 aromatic carbocycles. The zero-order valence-electron chi connectivity index (χ0n) is 6.86. The predicted octanol–water partition coefficient (Wildman–Crippen LogP) is 0.752. The van der Waals surface area contributed by atoms with Crippen LogP contribution in [0, 0.1) is 0 Å². The molecule has 0 aliphatic heterocycles. The maximum Gasteiger partial charge on any atom is 0.143 e. The fourth-order valence-electron chi connectivity index (χ4n) is 0.988. The van der Waals surface area contributed by atoms with Crippen molar-refractivity contribution in [3.8, 4) is 0 Å². The summed E-state index contributed by atoms with van der Waals surface area (Å²) in [6.45, 7) is 0. The van der Waals surface area contributed by atoms with E-state index in [0.29, 0.717) is 11.8 Å². The monoisotopic (exact) mass is 174 g/mol. The molecule has 0 unspecified atom stereocenters. The third-order valence-corrected chi connectivity index (χ3v) is 1.64. The van der Waals surface area contributed by atoms with Crippen molar-refractivity contribution in [2.45, 2.75) is 6.04 Å². The first-order valence-electron chi connectivity index (χ1n) is 3.76. The van der Waals surface area contributed by atoms with Crippen molar-refractivity contribution in [3.63, 3.8) is 0 Å². The van der Waals surface area contributed by atoms with Crippen molar-refractivity contribution >= 4 is 17.8 Å². The van der Waals surface area contributed by atoms with Crippen molar-refractivity contribution in [2.75, 3.05) is 0 Å². The molecule has 1 N–H and O–H groups in total. The fourth-order valence-corrected chi connectivity index (χ4v) is 0.988. The Morgan fingerprint density at radius 3 is 2.46 bits per heavy atom. The maximum atomic E-state index is 10.5. The first-order valence-corrected chi connectivity index (χ1v) is 3.76. The van der Waals surface area contributed by atoms with Crippen LogP contribution < -0.4 is 5.73 Å². The molecule has 1 atom stereocenters. The highest BCUT2D eigenvalue weighted by Crippen LogP contribution is 2.12. The van der Waals surface area contributed by atoms with Gasteiger partial charge in [0.05, 0.1) is 5.57 Å². The van der Waals surface area contributed by atoms with Crippen molar-refractivity contribution in [3.05, 3.63) is 35.9 Å². The molecule has 1 aromatic rings. The molecule has 0 aromatic heterocycles. The van der Waals surface area contributed by atoms with Gasteiger partial charge >= 0.3 is 0 Å². The van der Waals surface area contributed by atoms with Crippen LogP contribution in [0.15, 0.2) is 30.3 Å². The third kappa shape index (κ3) is 2.12. The van der Waals surface area contributed by atoms with E-state index >= 15 is 0 Å². The molecule has 0 amide bonds. The summed E-state index contributed by atoms with van der Waals surface area (Å²) in [6, 6.07) is 7.48. The molecule has 0 saturated carbocycles. The lowest BCUT2D eigenvalue weighted by molar-refractivity contribution is -0.108. The summed E-state index contributed by atoms with van der Waals surface area (Å²) in [6.07, 6.45) is 0.410. The van der Waals surface area contributed by atoms with Gasteiger partial charge in [0, 0.05) is 0 Å². The molecular weight excluding hydrogens is 166 g/mol. The van der Waals surface area contributed by atoms with E-state index in [4.69, 9.17) is 5.73 Å². The smallest absolute Gasteiger partial charge is 0.143 e. The Morgan fingerprint density at radius 2 is 2.00 bits per heavy atom. The number of hydrogen-bond donors (Lipinski definition) is 0. The van der Waals surface area contributed by atoms with E-state index in [1.54, 1.807) is 36.3 Å². The van der Waals surface area contributed by atoms with Gasteiger partial charge in [-0.3, -0.25) is 0 Å². The molecule has 1 rings (SSSR count). The van der Waals surface area contributed by atoms with Gasteiger partial charge in [-0.25, -0.2) is 10.5 Å². The van der Waals surface area contributed by atoms with Crippen LogP contribution in [-0.4, -0.2) is 18.3 Å². The van der Waals surface area contributed by atoms with Crippen molar-refractivity contribution < 1.29 is 9.59 Å². The highest BCUT2D eigenvalue weighted by Gasteiger charge is 2.11. The van der Waals surface area contributed by atoms with E-state index in [2.05, 4.69) is 0 Å². The molecule has 3 heteroatoms. The summed E-state index contributed by atoms with van der Waals surface area (Å²) in [5, 5.41) is 0. The lowest BCUT2D eigenvalue weighted by atomic mass is 10.0. The van der Waals surface area contributed by atoms with E-state index in [1.165, 1.54) is 0 Å². The summed E-state index contributed by atoms with van der Waals surface area (Å²) in [5.41, 5.74) is 7.90. The molecule has 0 fully saturated rings. The second-order valence-corrected chi connectivity index (χ2v) is 2.50. The zero-order chi connectivity index (χ0) is 9.68. The van der Waals surface area contributed by atoms with Crippen LogP contribution in [0.4, 0.5) is 0 Å². The van der Waals surface area contributed by atoms with Gasteiger partial charge in [0.15, 0.2) is 0 Å². The fraction of sp³-hybridized carbons (Fsp3) is 0.100. The van der Waals surface area contributed by atoms with Gasteiger partial charge < -0.3 is 4.79 Å². The van der Waals surface area contributed by atoms with Crippen molar-refractivity contribution in [1.29, 1.82) is 0 Å². The Labute approximate surface area is 75.9 Å². The molecular formula is C10H8NO2. The molecule has 3 nitrogen and oxygen atoms in total. The van der Waals surface area contributed by atoms with E-state index in [1.807, 2.05) is 0 Å². The van der Waals surface area contributed by atoms with Crippen LogP contribution in [0.3, 0.4) is 0 Å². The first kappa shape index (κ1) is 9.39. The summed E-state index contributed by atoms with van der Waals surface area (Å²) in [4.78, 5) is 20.8. The Balaban J connectivity index is 3.06. The number of aldehydes is 1. The third-order valence-electron chi connectivity index (χ3n) is 1.64. The number of nitrogens with one attached hydrogen (secondary N) is 1. The minimum absolute atomic E-state index is 0.0793. The number of rotatable bonds is 3. The lowest BCUT2D eigenvalue weighted by Gasteiger charge is -2.03. The zero-order valence-corrected chi connectivity index (χ0v) is 6.86. The molecule has 0 bridgehead atoms. The van der Waals surface area contributed by atoms with E-state index < -0.39 is 6.04 Å². The van der Waals surface area contributed by atoms with Crippen LogP contribution >= 0.6 is 0 Å². The van der Waals surface area contributed by atoms with Crippen LogP contribution in [0.2, 0.25) is 0 Å². The first-order chi connectivity index (χ1) is 6.29. The molecule has 1 radical (unpaired) electrons. The summed E-state index contributed by atoms with van der Waals surface area (Å²) < 4.78 is 0. The van der Waals surface area contributed by atoms with E-state index in [9.17, 15) is 9.59 Å². The van der Waals surface area contributed by atoms with E-state index in [0.717, 1.165) is 0 Å². The standard InChI is InChI=1S/C10H8NO2/c11-10(7-13)9(6-12)8-4-2-1-3-5-8/h1-5,7,10-11H/t10-/m1/s1. The summed E-state index contributed by atoms with van der Waals surface area (Å²) >= 11 is 0. The van der Waals surface area contributed by atoms with Crippen LogP contribution in [0.25, 0.3) is 5.57 Å². The summed E-state index contributed by atoms with van der Waals surface area (Å²) in [5.74, 6) is 1.62. The SMILES string of the molecule is [NH][C@H](C=O)C(=C=O)c1ccccc1. The number of carbonyl (C=O) groups is 1. The van der Waals surface area contributed by atoms with Gasteiger partial charge in [-0.1, -0.05) is 30.3 Å². The number of hydrogen-bond acceptors (Lipinski definition) is 2. The van der Waals surface area contributed by atoms with Crippen LogP contribution in [0.5, 0.6) is 0 Å². The molecule has 0 aliphatic rings. The topological polar surface area (TPSA) is 57.9 Å². The quantitative estimate of drug-likeness (QED) is 0.501. The molecule has 65 valence electrons. The van der Waals surface area contributed by atoms with Gasteiger partial charge in [0.2, 0.25) is 0 Å². The van der Waals surface area contributed by atoms with Gasteiger partial charge in [-0.05, 0) is 5.56 Å². The highest BCUT2D eigenvalue weighted by atomic mass is 16.1. The lowest BCUT2D eigenvalue weighted by Crippen LogP contribution is -2.13. The normalized spacial score (nSPS) is 11.5. The molecule has 0 saturated heterocycles. The Bertz CT molecular complexity index is 339.